The minimum Gasteiger partial charge on any atom is -0.493 e. The number of rotatable bonds is 6. The molecule has 3 aromatic carbocycles. The van der Waals surface area contributed by atoms with Crippen molar-refractivity contribution in [2.24, 2.45) is 0 Å². The molecule has 0 saturated heterocycles. The van der Waals surface area contributed by atoms with Gasteiger partial charge in [0.15, 0.2) is 16.9 Å². The average Bonchev–Trinajstić information content (AvgIpc) is 3.17. The molecule has 1 aliphatic heterocycles. The van der Waals surface area contributed by atoms with Crippen molar-refractivity contribution >= 4 is 45.8 Å². The Balaban J connectivity index is 1.77. The van der Waals surface area contributed by atoms with Crippen LogP contribution in [0.15, 0.2) is 76.5 Å². The molecule has 6 nitrogen and oxygen atoms in total. The zero-order chi connectivity index (χ0) is 25.6. The van der Waals surface area contributed by atoms with Crippen LogP contribution in [0, 0.1) is 6.92 Å². The highest BCUT2D eigenvalue weighted by Gasteiger charge is 2.44. The van der Waals surface area contributed by atoms with E-state index in [4.69, 9.17) is 37.1 Å². The average molecular weight is 522 g/mol. The molecule has 1 aromatic heterocycles. The molecule has 182 valence electrons. The molecule has 36 heavy (non-hydrogen) atoms. The fourth-order valence-corrected chi connectivity index (χ4v) is 4.73. The van der Waals surface area contributed by atoms with Crippen molar-refractivity contribution in [3.05, 3.63) is 110 Å². The molecule has 0 bridgehead atoms. The zero-order valence-electron chi connectivity index (χ0n) is 19.5. The summed E-state index contributed by atoms with van der Waals surface area (Å²) in [5.74, 6) is 0.482. The molecule has 5 rings (SSSR count). The highest BCUT2D eigenvalue weighted by molar-refractivity contribution is 6.32. The Bertz CT molecular complexity index is 1590. The lowest BCUT2D eigenvalue weighted by atomic mass is 9.97. The minimum atomic E-state index is -0.798. The number of hydrogen-bond acceptors (Lipinski definition) is 5. The van der Waals surface area contributed by atoms with Crippen molar-refractivity contribution in [2.45, 2.75) is 13.0 Å². The molecule has 0 N–H and O–H groups in total. The van der Waals surface area contributed by atoms with Crippen LogP contribution in [0.25, 0.3) is 11.0 Å². The summed E-state index contributed by atoms with van der Waals surface area (Å²) >= 11 is 12.6. The van der Waals surface area contributed by atoms with E-state index in [1.165, 1.54) is 12.0 Å². The number of halogens is 2. The van der Waals surface area contributed by atoms with Gasteiger partial charge in [0, 0.05) is 15.7 Å². The van der Waals surface area contributed by atoms with Crippen molar-refractivity contribution in [3.8, 4) is 11.5 Å². The molecule has 1 amide bonds. The van der Waals surface area contributed by atoms with Crippen LogP contribution < -0.4 is 19.8 Å². The highest BCUT2D eigenvalue weighted by atomic mass is 35.5. The van der Waals surface area contributed by atoms with Gasteiger partial charge in [0.05, 0.1) is 24.1 Å². The number of carbonyl (C=O) groups is 1. The van der Waals surface area contributed by atoms with Gasteiger partial charge in [0.2, 0.25) is 5.76 Å². The molecule has 0 aliphatic carbocycles. The van der Waals surface area contributed by atoms with Crippen LogP contribution in [0.2, 0.25) is 10.0 Å². The predicted molar refractivity (Wildman–Crippen MR) is 141 cm³/mol. The molecule has 1 aliphatic rings. The Kier molecular flexibility index (Phi) is 6.24. The van der Waals surface area contributed by atoms with Crippen molar-refractivity contribution < 1.29 is 18.7 Å². The SMILES string of the molecule is C=CCOc1ccc(C2c3c(oc4ccc(Cl)cc4c3=O)C(=O)N2c2ccc(C)c(Cl)c2)cc1OC. The molecule has 0 radical (unpaired) electrons. The molecule has 8 heteroatoms. The Morgan fingerprint density at radius 3 is 2.58 bits per heavy atom. The number of nitrogens with zero attached hydrogens (tertiary/aromatic N) is 1. The summed E-state index contributed by atoms with van der Waals surface area (Å²) in [4.78, 5) is 29.0. The number of aryl methyl sites for hydroxylation is 1. The quantitative estimate of drug-likeness (QED) is 0.263. The van der Waals surface area contributed by atoms with Crippen LogP contribution in [0.4, 0.5) is 5.69 Å². The van der Waals surface area contributed by atoms with E-state index in [1.807, 2.05) is 13.0 Å². The van der Waals surface area contributed by atoms with Crippen LogP contribution in [0.3, 0.4) is 0 Å². The minimum absolute atomic E-state index is 0.0255. The van der Waals surface area contributed by atoms with Gasteiger partial charge in [-0.25, -0.2) is 0 Å². The summed E-state index contributed by atoms with van der Waals surface area (Å²) in [5.41, 5.74) is 2.19. The topological polar surface area (TPSA) is 69.0 Å². The van der Waals surface area contributed by atoms with E-state index < -0.39 is 11.9 Å². The second kappa shape index (κ2) is 9.37. The van der Waals surface area contributed by atoms with E-state index >= 15 is 0 Å². The number of fused-ring (bicyclic) bond motifs is 2. The van der Waals surface area contributed by atoms with Crippen LogP contribution in [0.1, 0.15) is 33.3 Å². The van der Waals surface area contributed by atoms with Gasteiger partial charge in [-0.2, -0.15) is 0 Å². The lowest BCUT2D eigenvalue weighted by Gasteiger charge is -2.26. The summed E-state index contributed by atoms with van der Waals surface area (Å²) in [6.07, 6.45) is 1.63. The van der Waals surface area contributed by atoms with Gasteiger partial charge in [-0.3, -0.25) is 14.5 Å². The molecule has 1 atom stereocenters. The van der Waals surface area contributed by atoms with Gasteiger partial charge in [-0.15, -0.1) is 0 Å². The third-order valence-electron chi connectivity index (χ3n) is 6.13. The Morgan fingerprint density at radius 1 is 1.06 bits per heavy atom. The van der Waals surface area contributed by atoms with Gasteiger partial charge in [-0.1, -0.05) is 48.0 Å². The van der Waals surface area contributed by atoms with Crippen LogP contribution in [-0.2, 0) is 0 Å². The number of anilines is 1. The van der Waals surface area contributed by atoms with E-state index in [9.17, 15) is 9.59 Å². The fraction of sp³-hybridized carbons (Fsp3) is 0.143. The monoisotopic (exact) mass is 521 g/mol. The Labute approximate surface area is 217 Å². The lowest BCUT2D eigenvalue weighted by Crippen LogP contribution is -2.29. The molecule has 0 fully saturated rings. The van der Waals surface area contributed by atoms with Crippen LogP contribution in [-0.4, -0.2) is 19.6 Å². The van der Waals surface area contributed by atoms with Gasteiger partial charge in [-0.05, 0) is 60.5 Å². The van der Waals surface area contributed by atoms with Gasteiger partial charge in [0.25, 0.3) is 5.91 Å². The smallest absolute Gasteiger partial charge is 0.295 e. The maximum Gasteiger partial charge on any atom is 0.295 e. The summed E-state index contributed by atoms with van der Waals surface area (Å²) in [6.45, 7) is 5.84. The fourth-order valence-electron chi connectivity index (χ4n) is 4.38. The molecular formula is C28H21Cl2NO5. The number of carbonyl (C=O) groups excluding carboxylic acids is 1. The highest BCUT2D eigenvalue weighted by Crippen LogP contribution is 2.44. The first-order chi connectivity index (χ1) is 17.3. The largest absolute Gasteiger partial charge is 0.493 e. The molecule has 2 heterocycles. The van der Waals surface area contributed by atoms with Crippen molar-refractivity contribution in [1.29, 1.82) is 0 Å². The maximum absolute atomic E-state index is 13.8. The first kappa shape index (κ1) is 24.0. The maximum atomic E-state index is 13.8. The first-order valence-corrected chi connectivity index (χ1v) is 11.9. The molecule has 0 saturated carbocycles. The number of hydrogen-bond donors (Lipinski definition) is 0. The summed E-state index contributed by atoms with van der Waals surface area (Å²) in [7, 11) is 1.52. The molecule has 1 unspecified atom stereocenters. The number of amides is 1. The molecule has 0 spiro atoms. The van der Waals surface area contributed by atoms with E-state index in [-0.39, 0.29) is 22.3 Å². The third kappa shape index (κ3) is 3.92. The predicted octanol–water partition coefficient (Wildman–Crippen LogP) is 6.73. The van der Waals surface area contributed by atoms with Crippen molar-refractivity contribution in [1.82, 2.24) is 0 Å². The second-order valence-electron chi connectivity index (χ2n) is 8.34. The van der Waals surface area contributed by atoms with Gasteiger partial charge >= 0.3 is 0 Å². The standard InChI is InChI=1S/C28H21Cl2NO5/c1-4-11-35-22-9-6-16(12-23(22)34-3)25-24-26(32)19-13-17(29)7-10-21(19)36-27(24)28(33)31(25)18-8-5-15(2)20(30)14-18/h4-10,12-14,25H,1,11H2,2-3H3. The van der Waals surface area contributed by atoms with Gasteiger partial charge < -0.3 is 13.9 Å². The van der Waals surface area contributed by atoms with E-state index in [0.717, 1.165) is 5.56 Å². The third-order valence-corrected chi connectivity index (χ3v) is 6.77. The summed E-state index contributed by atoms with van der Waals surface area (Å²) in [6, 6.07) is 14.5. The van der Waals surface area contributed by atoms with Crippen LogP contribution >= 0.6 is 23.2 Å². The zero-order valence-corrected chi connectivity index (χ0v) is 21.0. The molecule has 4 aromatic rings. The van der Waals surface area contributed by atoms with E-state index in [2.05, 4.69) is 6.58 Å². The van der Waals surface area contributed by atoms with Crippen molar-refractivity contribution in [3.63, 3.8) is 0 Å². The Hall–Kier alpha value is -3.74. The normalized spacial score (nSPS) is 14.7. The van der Waals surface area contributed by atoms with Gasteiger partial charge in [0.1, 0.15) is 12.2 Å². The van der Waals surface area contributed by atoms with Crippen LogP contribution in [0.5, 0.6) is 11.5 Å². The summed E-state index contributed by atoms with van der Waals surface area (Å²) < 4.78 is 17.2. The second-order valence-corrected chi connectivity index (χ2v) is 9.18. The van der Waals surface area contributed by atoms with Crippen molar-refractivity contribution in [2.75, 3.05) is 18.6 Å². The van der Waals surface area contributed by atoms with E-state index in [0.29, 0.717) is 44.8 Å². The molecular weight excluding hydrogens is 501 g/mol. The number of benzene rings is 3. The van der Waals surface area contributed by atoms with E-state index in [1.54, 1.807) is 54.6 Å². The lowest BCUT2D eigenvalue weighted by molar-refractivity contribution is 0.0971. The summed E-state index contributed by atoms with van der Waals surface area (Å²) in [5, 5.41) is 1.18. The Morgan fingerprint density at radius 2 is 1.86 bits per heavy atom. The first-order valence-electron chi connectivity index (χ1n) is 11.1. The number of methoxy groups -OCH3 is 1. The number of ether oxygens (including phenoxy) is 2.